The van der Waals surface area contributed by atoms with Crippen molar-refractivity contribution in [3.8, 4) is 6.07 Å². The topological polar surface area (TPSA) is 77.2 Å². The highest BCUT2D eigenvalue weighted by Crippen LogP contribution is 2.27. The van der Waals surface area contributed by atoms with E-state index in [9.17, 15) is 4.79 Å². The monoisotopic (exact) mass is 245 g/mol. The van der Waals surface area contributed by atoms with E-state index in [0.29, 0.717) is 24.6 Å². The first-order chi connectivity index (χ1) is 8.61. The van der Waals surface area contributed by atoms with Crippen molar-refractivity contribution in [1.29, 1.82) is 5.26 Å². The highest BCUT2D eigenvalue weighted by molar-refractivity contribution is 5.71. The van der Waals surface area contributed by atoms with Crippen LogP contribution in [0, 0.1) is 23.2 Å². The molecule has 1 aliphatic heterocycles. The Balaban J connectivity index is 2.27. The van der Waals surface area contributed by atoms with Gasteiger partial charge < -0.3 is 10.0 Å². The molecule has 1 N–H and O–H groups in total. The van der Waals surface area contributed by atoms with Gasteiger partial charge in [0, 0.05) is 19.3 Å². The van der Waals surface area contributed by atoms with Gasteiger partial charge in [-0.3, -0.25) is 4.79 Å². The van der Waals surface area contributed by atoms with Crippen molar-refractivity contribution in [3.05, 3.63) is 24.0 Å². The van der Waals surface area contributed by atoms with Crippen molar-refractivity contribution < 1.29 is 9.90 Å². The van der Waals surface area contributed by atoms with Gasteiger partial charge >= 0.3 is 5.97 Å². The summed E-state index contributed by atoms with van der Waals surface area (Å²) < 4.78 is 0. The normalized spacial score (nSPS) is 23.4. The quantitative estimate of drug-likeness (QED) is 0.854. The molecule has 2 heterocycles. The number of carboxylic acids is 1. The number of piperidine rings is 1. The maximum absolute atomic E-state index is 11.1. The molecule has 1 aromatic heterocycles. The van der Waals surface area contributed by atoms with E-state index in [2.05, 4.69) is 11.1 Å². The molecule has 1 saturated heterocycles. The number of aliphatic carboxylic acids is 1. The molecule has 0 spiro atoms. The molecule has 2 rings (SSSR count). The zero-order valence-corrected chi connectivity index (χ0v) is 10.2. The lowest BCUT2D eigenvalue weighted by atomic mass is 9.90. The highest BCUT2D eigenvalue weighted by atomic mass is 16.4. The highest BCUT2D eigenvalue weighted by Gasteiger charge is 2.30. The summed E-state index contributed by atoms with van der Waals surface area (Å²) >= 11 is 0. The van der Waals surface area contributed by atoms with E-state index in [4.69, 9.17) is 10.4 Å². The third kappa shape index (κ3) is 2.43. The number of aromatic nitrogens is 1. The Hall–Kier alpha value is -2.09. The number of nitrogens with zero attached hydrogens (tertiary/aromatic N) is 3. The maximum Gasteiger partial charge on any atom is 0.308 e. The molecular weight excluding hydrogens is 230 g/mol. The molecule has 0 aromatic carbocycles. The van der Waals surface area contributed by atoms with E-state index in [-0.39, 0.29) is 5.92 Å². The molecule has 1 fully saturated rings. The molecule has 1 aromatic rings. The van der Waals surface area contributed by atoms with E-state index >= 15 is 0 Å². The number of carboxylic acid groups (broad SMARTS) is 1. The SMILES string of the molecule is CC1CC(C(=O)O)CN(c2cccnc2C#N)C1. The largest absolute Gasteiger partial charge is 0.481 e. The lowest BCUT2D eigenvalue weighted by Crippen LogP contribution is -2.42. The molecule has 0 radical (unpaired) electrons. The number of rotatable bonds is 2. The van der Waals surface area contributed by atoms with Crippen molar-refractivity contribution in [3.63, 3.8) is 0 Å². The van der Waals surface area contributed by atoms with Gasteiger partial charge in [0.15, 0.2) is 5.69 Å². The summed E-state index contributed by atoms with van der Waals surface area (Å²) in [7, 11) is 0. The van der Waals surface area contributed by atoms with Crippen LogP contribution < -0.4 is 4.90 Å². The van der Waals surface area contributed by atoms with Crippen LogP contribution in [0.5, 0.6) is 0 Å². The van der Waals surface area contributed by atoms with Crippen LogP contribution in [0.15, 0.2) is 18.3 Å². The number of anilines is 1. The van der Waals surface area contributed by atoms with Crippen LogP contribution in [0.2, 0.25) is 0 Å². The second kappa shape index (κ2) is 5.05. The maximum atomic E-state index is 11.1. The minimum atomic E-state index is -0.769. The molecule has 18 heavy (non-hydrogen) atoms. The molecular formula is C13H15N3O2. The molecule has 2 atom stereocenters. The number of hydrogen-bond acceptors (Lipinski definition) is 4. The lowest BCUT2D eigenvalue weighted by Gasteiger charge is -2.36. The molecule has 5 nitrogen and oxygen atoms in total. The van der Waals surface area contributed by atoms with Gasteiger partial charge in [0.05, 0.1) is 11.6 Å². The molecule has 2 unspecified atom stereocenters. The van der Waals surface area contributed by atoms with Crippen LogP contribution in [0.3, 0.4) is 0 Å². The van der Waals surface area contributed by atoms with Gasteiger partial charge in [0.25, 0.3) is 0 Å². The average molecular weight is 245 g/mol. The van der Waals surface area contributed by atoms with Crippen molar-refractivity contribution in [2.75, 3.05) is 18.0 Å². The minimum absolute atomic E-state index is 0.298. The first kappa shape index (κ1) is 12.4. The Morgan fingerprint density at radius 1 is 1.61 bits per heavy atom. The van der Waals surface area contributed by atoms with Gasteiger partial charge in [0.2, 0.25) is 0 Å². The van der Waals surface area contributed by atoms with Crippen LogP contribution in [-0.4, -0.2) is 29.1 Å². The molecule has 0 saturated carbocycles. The van der Waals surface area contributed by atoms with Crippen LogP contribution in [0.25, 0.3) is 0 Å². The van der Waals surface area contributed by atoms with Crippen LogP contribution in [0.1, 0.15) is 19.0 Å². The van der Waals surface area contributed by atoms with Crippen molar-refractivity contribution in [2.24, 2.45) is 11.8 Å². The van der Waals surface area contributed by atoms with Crippen LogP contribution >= 0.6 is 0 Å². The number of pyridine rings is 1. The Labute approximate surface area is 106 Å². The zero-order chi connectivity index (χ0) is 13.1. The van der Waals surface area contributed by atoms with E-state index in [0.717, 1.165) is 12.2 Å². The lowest BCUT2D eigenvalue weighted by molar-refractivity contribution is -0.142. The average Bonchev–Trinajstić information content (AvgIpc) is 2.38. The van der Waals surface area contributed by atoms with Gasteiger partial charge in [-0.1, -0.05) is 6.92 Å². The van der Waals surface area contributed by atoms with E-state index in [1.165, 1.54) is 0 Å². The zero-order valence-electron chi connectivity index (χ0n) is 10.2. The predicted molar refractivity (Wildman–Crippen MR) is 66.1 cm³/mol. The van der Waals surface area contributed by atoms with E-state index in [1.54, 1.807) is 12.3 Å². The summed E-state index contributed by atoms with van der Waals surface area (Å²) in [5.74, 6) is -0.846. The summed E-state index contributed by atoms with van der Waals surface area (Å²) in [6.07, 6.45) is 2.26. The van der Waals surface area contributed by atoms with E-state index < -0.39 is 5.97 Å². The minimum Gasteiger partial charge on any atom is -0.481 e. The molecule has 1 aliphatic rings. The Kier molecular flexibility index (Phi) is 3.47. The first-order valence-electron chi connectivity index (χ1n) is 5.94. The fourth-order valence-corrected chi connectivity index (χ4v) is 2.47. The number of hydrogen-bond donors (Lipinski definition) is 1. The van der Waals surface area contributed by atoms with Crippen LogP contribution in [0.4, 0.5) is 5.69 Å². The number of carbonyl (C=O) groups is 1. The van der Waals surface area contributed by atoms with Crippen molar-refractivity contribution in [2.45, 2.75) is 13.3 Å². The fraction of sp³-hybridized carbons (Fsp3) is 0.462. The van der Waals surface area contributed by atoms with Crippen LogP contribution in [-0.2, 0) is 4.79 Å². The predicted octanol–water partition coefficient (Wildman–Crippen LogP) is 1.50. The van der Waals surface area contributed by atoms with E-state index in [1.807, 2.05) is 17.9 Å². The van der Waals surface area contributed by atoms with Gasteiger partial charge in [0.1, 0.15) is 6.07 Å². The van der Waals surface area contributed by atoms with Crippen molar-refractivity contribution >= 4 is 11.7 Å². The summed E-state index contributed by atoms with van der Waals surface area (Å²) in [6, 6.07) is 5.64. The summed E-state index contributed by atoms with van der Waals surface area (Å²) in [5.41, 5.74) is 1.09. The summed E-state index contributed by atoms with van der Waals surface area (Å²) in [5, 5.41) is 18.2. The molecule has 0 bridgehead atoms. The smallest absolute Gasteiger partial charge is 0.308 e. The third-order valence-electron chi connectivity index (χ3n) is 3.24. The molecule has 94 valence electrons. The molecule has 0 amide bonds. The Morgan fingerprint density at radius 2 is 2.39 bits per heavy atom. The summed E-state index contributed by atoms with van der Waals surface area (Å²) in [4.78, 5) is 17.1. The second-order valence-electron chi connectivity index (χ2n) is 4.76. The van der Waals surface area contributed by atoms with Gasteiger partial charge in [-0.05, 0) is 24.5 Å². The Bertz CT molecular complexity index is 495. The first-order valence-corrected chi connectivity index (χ1v) is 5.94. The van der Waals surface area contributed by atoms with Gasteiger partial charge in [-0.15, -0.1) is 0 Å². The molecule has 5 heteroatoms. The standard InChI is InChI=1S/C13H15N3O2/c1-9-5-10(13(17)18)8-16(7-9)12-3-2-4-15-11(12)6-14/h2-4,9-10H,5,7-8H2,1H3,(H,17,18). The van der Waals surface area contributed by atoms with Gasteiger partial charge in [-0.25, -0.2) is 4.98 Å². The fourth-order valence-electron chi connectivity index (χ4n) is 2.47. The second-order valence-corrected chi connectivity index (χ2v) is 4.76. The number of nitriles is 1. The van der Waals surface area contributed by atoms with Gasteiger partial charge in [-0.2, -0.15) is 5.26 Å². The Morgan fingerprint density at radius 3 is 3.06 bits per heavy atom. The summed E-state index contributed by atoms with van der Waals surface area (Å²) in [6.45, 7) is 3.24. The molecule has 0 aliphatic carbocycles. The van der Waals surface area contributed by atoms with Crippen molar-refractivity contribution in [1.82, 2.24) is 4.98 Å². The third-order valence-corrected chi connectivity index (χ3v) is 3.24.